The van der Waals surface area contributed by atoms with Crippen LogP contribution in [0.1, 0.15) is 41.9 Å². The van der Waals surface area contributed by atoms with E-state index in [1.165, 1.54) is 23.5 Å². The van der Waals surface area contributed by atoms with Gasteiger partial charge >= 0.3 is 0 Å². The average molecular weight is 579 g/mol. The Kier molecular flexibility index (Phi) is 7.72. The first-order valence-corrected chi connectivity index (χ1v) is 15.0. The van der Waals surface area contributed by atoms with Crippen LogP contribution in [0.15, 0.2) is 85.1 Å². The van der Waals surface area contributed by atoms with Gasteiger partial charge in [0, 0.05) is 29.6 Å². The van der Waals surface area contributed by atoms with Crippen molar-refractivity contribution in [3.63, 3.8) is 0 Å². The molecule has 0 aliphatic carbocycles. The number of nitrogens with one attached hydrogen (secondary N) is 1. The Morgan fingerprint density at radius 3 is 2.82 bits per heavy atom. The second-order valence-corrected chi connectivity index (χ2v) is 12.2. The maximum atomic E-state index is 13.0. The highest BCUT2D eigenvalue weighted by Gasteiger charge is 2.26. The Balaban J connectivity index is 0.928. The first-order valence-electron chi connectivity index (χ1n) is 13.0. The maximum absolute atomic E-state index is 13.0. The van der Waals surface area contributed by atoms with Crippen molar-refractivity contribution in [3.8, 4) is 0 Å². The van der Waals surface area contributed by atoms with Crippen LogP contribution in [0.25, 0.3) is 11.7 Å². The van der Waals surface area contributed by atoms with Crippen molar-refractivity contribution in [1.29, 1.82) is 0 Å². The lowest BCUT2D eigenvalue weighted by Gasteiger charge is -2.31. The summed E-state index contributed by atoms with van der Waals surface area (Å²) >= 11 is 8.98. The van der Waals surface area contributed by atoms with Gasteiger partial charge in [0.1, 0.15) is 5.65 Å². The zero-order valence-corrected chi connectivity index (χ0v) is 23.5. The smallest absolute Gasteiger partial charge is 0.289 e. The monoisotopic (exact) mass is 578 g/mol. The molecule has 4 aromatic rings. The number of amides is 2. The number of pyridine rings is 1. The van der Waals surface area contributed by atoms with E-state index >= 15 is 0 Å². The van der Waals surface area contributed by atoms with E-state index in [0.717, 1.165) is 60.0 Å². The number of aromatic nitrogens is 2. The third-order valence-electron chi connectivity index (χ3n) is 7.02. The Labute approximate surface area is 240 Å². The second-order valence-electron chi connectivity index (χ2n) is 9.66. The van der Waals surface area contributed by atoms with Gasteiger partial charge in [0.2, 0.25) is 0 Å². The topological polar surface area (TPSA) is 79.8 Å². The van der Waals surface area contributed by atoms with Gasteiger partial charge in [-0.15, -0.1) is 0 Å². The minimum atomic E-state index is -0.0612. The van der Waals surface area contributed by atoms with E-state index in [2.05, 4.69) is 14.7 Å². The molecule has 2 aliphatic heterocycles. The van der Waals surface area contributed by atoms with Crippen molar-refractivity contribution < 1.29 is 14.0 Å². The van der Waals surface area contributed by atoms with Gasteiger partial charge in [0.25, 0.3) is 11.8 Å². The van der Waals surface area contributed by atoms with Crippen molar-refractivity contribution in [2.45, 2.75) is 40.7 Å². The number of imidazole rings is 1. The number of rotatable bonds is 8. The van der Waals surface area contributed by atoms with Crippen LogP contribution in [0.4, 0.5) is 0 Å². The number of carbonyl (C=O) groups is 2. The van der Waals surface area contributed by atoms with E-state index in [1.807, 2.05) is 59.5 Å². The van der Waals surface area contributed by atoms with Gasteiger partial charge < -0.3 is 14.6 Å². The quantitative estimate of drug-likeness (QED) is 0.236. The lowest BCUT2D eigenvalue weighted by atomic mass is 9.92. The first-order chi connectivity index (χ1) is 19.0. The van der Waals surface area contributed by atoms with Crippen LogP contribution in [0, 0.1) is 5.92 Å². The largest absolute Gasteiger partial charge is 0.444 e. The standard InChI is InChI=1S/C29H27ClN4O3S2/c30-20-5-1-6-22(16-20)38-27-10-9-23(37-27)29(36)33-14-11-19(12-15-33)4-3-13-31-28(35)24-17-21-18-32-25-7-2-8-26(39-24)34(21)25/h1-2,5-10,16-19H,3-4,11-15H2,(H,31,35). The maximum Gasteiger partial charge on any atom is 0.289 e. The first kappa shape index (κ1) is 26.1. The van der Waals surface area contributed by atoms with Crippen molar-refractivity contribution >= 4 is 58.7 Å². The number of likely N-dealkylation sites (tertiary alicyclic amines) is 1. The number of carbonyl (C=O) groups excluding carboxylic acids is 2. The van der Waals surface area contributed by atoms with Gasteiger partial charge in [-0.3, -0.25) is 14.0 Å². The van der Waals surface area contributed by atoms with Crippen molar-refractivity contribution in [3.05, 3.63) is 82.2 Å². The summed E-state index contributed by atoms with van der Waals surface area (Å²) in [6.45, 7) is 2.07. The highest BCUT2D eigenvalue weighted by atomic mass is 35.5. The summed E-state index contributed by atoms with van der Waals surface area (Å²) < 4.78 is 7.89. The van der Waals surface area contributed by atoms with Crippen LogP contribution in [-0.4, -0.2) is 45.7 Å². The summed E-state index contributed by atoms with van der Waals surface area (Å²) in [4.78, 5) is 33.7. The molecule has 0 radical (unpaired) electrons. The molecule has 39 heavy (non-hydrogen) atoms. The van der Waals surface area contributed by atoms with Crippen LogP contribution in [0.3, 0.4) is 0 Å². The van der Waals surface area contributed by atoms with Crippen LogP contribution >= 0.6 is 35.1 Å². The molecular weight excluding hydrogens is 552 g/mol. The van der Waals surface area contributed by atoms with Gasteiger partial charge in [-0.25, -0.2) is 4.98 Å². The highest BCUT2D eigenvalue weighted by Crippen LogP contribution is 2.34. The molecule has 5 heterocycles. The van der Waals surface area contributed by atoms with Crippen molar-refractivity contribution in [1.82, 2.24) is 19.6 Å². The molecule has 6 rings (SSSR count). The number of benzene rings is 1. The Morgan fingerprint density at radius 1 is 1.13 bits per heavy atom. The number of hydrogen-bond acceptors (Lipinski definition) is 6. The van der Waals surface area contributed by atoms with E-state index in [4.69, 9.17) is 16.0 Å². The molecule has 0 bridgehead atoms. The molecule has 0 unspecified atom stereocenters. The third kappa shape index (κ3) is 5.90. The van der Waals surface area contributed by atoms with E-state index < -0.39 is 0 Å². The van der Waals surface area contributed by atoms with Gasteiger partial charge in [-0.1, -0.05) is 47.3 Å². The van der Waals surface area contributed by atoms with E-state index in [-0.39, 0.29) is 11.8 Å². The van der Waals surface area contributed by atoms with Crippen LogP contribution in [0.2, 0.25) is 5.02 Å². The number of piperidine rings is 1. The molecule has 1 aromatic carbocycles. The molecule has 2 amide bonds. The summed E-state index contributed by atoms with van der Waals surface area (Å²) in [5, 5.41) is 5.41. The molecular formula is C29H27ClN4O3S2. The zero-order valence-electron chi connectivity index (χ0n) is 21.1. The molecule has 1 saturated heterocycles. The summed E-state index contributed by atoms with van der Waals surface area (Å²) in [6.07, 6.45) is 7.56. The molecule has 10 heteroatoms. The lowest BCUT2D eigenvalue weighted by Crippen LogP contribution is -2.38. The molecule has 7 nitrogen and oxygen atoms in total. The normalized spacial score (nSPS) is 15.4. The minimum absolute atomic E-state index is 0.0452. The second kappa shape index (κ2) is 11.5. The van der Waals surface area contributed by atoms with E-state index in [9.17, 15) is 9.59 Å². The fourth-order valence-electron chi connectivity index (χ4n) is 5.00. The van der Waals surface area contributed by atoms with Gasteiger partial charge in [0.15, 0.2) is 10.9 Å². The highest BCUT2D eigenvalue weighted by molar-refractivity contribution is 8.04. The molecule has 200 valence electrons. The summed E-state index contributed by atoms with van der Waals surface area (Å²) in [5.41, 5.74) is 1.82. The van der Waals surface area contributed by atoms with Gasteiger partial charge in [0.05, 0.1) is 21.8 Å². The number of thioether (sulfide) groups is 1. The van der Waals surface area contributed by atoms with Crippen LogP contribution < -0.4 is 5.32 Å². The van der Waals surface area contributed by atoms with Gasteiger partial charge in [-0.2, -0.15) is 0 Å². The Hall–Kier alpha value is -3.14. The molecule has 3 aromatic heterocycles. The molecule has 0 saturated carbocycles. The molecule has 1 N–H and O–H groups in total. The molecule has 1 fully saturated rings. The zero-order chi connectivity index (χ0) is 26.8. The Bertz CT molecular complexity index is 1550. The number of furan rings is 1. The van der Waals surface area contributed by atoms with E-state index in [1.54, 1.807) is 12.3 Å². The lowest BCUT2D eigenvalue weighted by molar-refractivity contribution is -0.116. The average Bonchev–Trinajstić information content (AvgIpc) is 3.59. The van der Waals surface area contributed by atoms with Crippen LogP contribution in [-0.2, 0) is 4.79 Å². The fourth-order valence-corrected chi connectivity index (χ4v) is 7.09. The van der Waals surface area contributed by atoms with Crippen molar-refractivity contribution in [2.75, 3.05) is 19.6 Å². The van der Waals surface area contributed by atoms with Gasteiger partial charge in [-0.05, 0) is 80.1 Å². The predicted octanol–water partition coefficient (Wildman–Crippen LogP) is 6.63. The number of nitrogens with zero attached hydrogens (tertiary/aromatic N) is 3. The number of halogens is 1. The molecule has 0 atom stereocenters. The predicted molar refractivity (Wildman–Crippen MR) is 154 cm³/mol. The Morgan fingerprint density at radius 2 is 1.97 bits per heavy atom. The summed E-state index contributed by atoms with van der Waals surface area (Å²) in [5.74, 6) is 0.812. The van der Waals surface area contributed by atoms with E-state index in [0.29, 0.717) is 33.2 Å². The fraction of sp³-hybridized carbons (Fsp3) is 0.276. The minimum Gasteiger partial charge on any atom is -0.444 e. The summed E-state index contributed by atoms with van der Waals surface area (Å²) in [7, 11) is 0. The summed E-state index contributed by atoms with van der Waals surface area (Å²) in [6, 6.07) is 17.1. The number of hydrogen-bond donors (Lipinski definition) is 1. The molecule has 2 aliphatic rings. The SMILES string of the molecule is O=C(NCCCC1CCN(C(=O)c2ccc(Sc3cccc(Cl)c3)o2)CC1)C1=Cc2cnc3cccc(n23)S1. The third-order valence-corrected chi connectivity index (χ3v) is 9.22. The van der Waals surface area contributed by atoms with Crippen molar-refractivity contribution in [2.24, 2.45) is 5.92 Å². The molecule has 0 spiro atoms. The van der Waals surface area contributed by atoms with Crippen LogP contribution in [0.5, 0.6) is 0 Å².